The number of esters is 2. The highest BCUT2D eigenvalue weighted by atomic mass is 31.2. The molecule has 352 valence electrons. The van der Waals surface area contributed by atoms with E-state index in [9.17, 15) is 24.2 Å². The zero-order valence-electron chi connectivity index (χ0n) is 39.2. The normalized spacial score (nSPS) is 14.7. The van der Waals surface area contributed by atoms with Gasteiger partial charge in [0.2, 0.25) is 0 Å². The zero-order valence-corrected chi connectivity index (χ0v) is 40.1. The van der Waals surface area contributed by atoms with Crippen molar-refractivity contribution in [1.82, 2.24) is 0 Å². The number of phosphoric acid groups is 1. The fraction of sp³-hybridized carbons (Fsp3) is 0.720. The van der Waals surface area contributed by atoms with Crippen LogP contribution in [0.1, 0.15) is 174 Å². The summed E-state index contributed by atoms with van der Waals surface area (Å²) in [6.45, 7) is 3.95. The lowest BCUT2D eigenvalue weighted by Gasteiger charge is -2.28. The number of hydrogen-bond acceptors (Lipinski definition) is 9. The lowest BCUT2D eigenvalue weighted by molar-refractivity contribution is -0.870. The molecule has 0 spiro atoms. The third kappa shape index (κ3) is 45.3. The van der Waals surface area contributed by atoms with Crippen LogP contribution in [0.4, 0.5) is 0 Å². The predicted octanol–water partition coefficient (Wildman–Crippen LogP) is 12.1. The molecule has 0 radical (unpaired) electrons. The van der Waals surface area contributed by atoms with Crippen LogP contribution in [-0.2, 0) is 32.7 Å². The van der Waals surface area contributed by atoms with Crippen LogP contribution in [0, 0.1) is 0 Å². The molecule has 61 heavy (non-hydrogen) atoms. The molecule has 2 unspecified atom stereocenters. The van der Waals surface area contributed by atoms with E-state index in [1.165, 1.54) is 83.5 Å². The number of allylic oxidation sites excluding steroid dienone is 10. The van der Waals surface area contributed by atoms with Gasteiger partial charge in [-0.1, -0.05) is 189 Å². The largest absolute Gasteiger partial charge is 0.756 e. The quantitative estimate of drug-likeness (QED) is 0.0159. The molecule has 0 saturated heterocycles. The summed E-state index contributed by atoms with van der Waals surface area (Å²) in [7, 11) is 1.09. The summed E-state index contributed by atoms with van der Waals surface area (Å²) in [5.74, 6) is -0.962. The number of quaternary nitrogens is 1. The summed E-state index contributed by atoms with van der Waals surface area (Å²) in [4.78, 5) is 37.6. The van der Waals surface area contributed by atoms with Gasteiger partial charge in [-0.3, -0.25) is 14.2 Å². The number of carbonyl (C=O) groups excluding carboxylic acids is 2. The zero-order chi connectivity index (χ0) is 45.1. The highest BCUT2D eigenvalue weighted by Crippen LogP contribution is 2.38. The number of hydrogen-bond donors (Lipinski definition) is 1. The predicted molar refractivity (Wildman–Crippen MR) is 251 cm³/mol. The van der Waals surface area contributed by atoms with E-state index in [4.69, 9.17) is 18.5 Å². The van der Waals surface area contributed by atoms with Crippen LogP contribution in [0.2, 0.25) is 0 Å². The highest BCUT2D eigenvalue weighted by molar-refractivity contribution is 7.45. The first-order valence-electron chi connectivity index (χ1n) is 23.8. The van der Waals surface area contributed by atoms with Crippen LogP contribution in [0.5, 0.6) is 0 Å². The van der Waals surface area contributed by atoms with E-state index in [-0.39, 0.29) is 26.1 Å². The van der Waals surface area contributed by atoms with Crippen molar-refractivity contribution in [2.45, 2.75) is 187 Å². The Morgan fingerprint density at radius 2 is 1.15 bits per heavy atom. The number of carbonyl (C=O) groups is 2. The summed E-state index contributed by atoms with van der Waals surface area (Å²) in [6.07, 6.45) is 48.3. The Kier molecular flexibility index (Phi) is 39.7. The number of unbranched alkanes of at least 4 members (excludes halogenated alkanes) is 16. The van der Waals surface area contributed by atoms with Crippen molar-refractivity contribution in [3.8, 4) is 0 Å². The fourth-order valence-corrected chi connectivity index (χ4v) is 6.85. The molecule has 0 rings (SSSR count). The van der Waals surface area contributed by atoms with Gasteiger partial charge in [-0.2, -0.15) is 0 Å². The Morgan fingerprint density at radius 1 is 0.623 bits per heavy atom. The van der Waals surface area contributed by atoms with Gasteiger partial charge in [0.15, 0.2) is 6.10 Å². The molecule has 0 bridgehead atoms. The summed E-state index contributed by atoms with van der Waals surface area (Å²) in [5.41, 5.74) is 0. The Bertz CT molecular complexity index is 1280. The summed E-state index contributed by atoms with van der Waals surface area (Å²) < 4.78 is 33.8. The molecule has 0 heterocycles. The average molecular weight is 878 g/mol. The van der Waals surface area contributed by atoms with Crippen LogP contribution < -0.4 is 4.89 Å². The summed E-state index contributed by atoms with van der Waals surface area (Å²) in [6, 6.07) is 0. The van der Waals surface area contributed by atoms with E-state index in [0.717, 1.165) is 44.9 Å². The lowest BCUT2D eigenvalue weighted by Crippen LogP contribution is -2.37. The SMILES string of the molecule is CC/C=C\C/C=C\CC(O)/C=C/C=C\C/C=C\C/C=C\CCC(=O)OC[C@H](COP(=O)([O-])OCC[N+](C)(C)C)OC(=O)CCCCCCCCCCCCCCCCCCC. The minimum atomic E-state index is -4.66. The van der Waals surface area contributed by atoms with Crippen molar-refractivity contribution in [2.24, 2.45) is 0 Å². The standard InChI is InChI=1S/C50H88NO9P/c1-6-8-10-12-14-15-16-17-18-19-20-21-22-27-30-34-38-42-50(54)60-48(46-59-61(55,56)58-44-43-51(3,4)5)45-57-49(53)41-37-33-29-26-24-23-25-28-32-36-40-47(52)39-35-31-13-11-9-7-2/h9,11,23-24,28-29,31-33,35-36,40,47-48,52H,6-8,10,12-22,25-27,30,34,37-39,41-46H2,1-5H3/b11-9-,24-23-,32-28-,33-29-,35-31-,40-36+/t47?,48-/m1/s1. The van der Waals surface area contributed by atoms with Crippen molar-refractivity contribution in [2.75, 3.05) is 47.5 Å². The smallest absolute Gasteiger partial charge is 0.306 e. The first kappa shape index (κ1) is 58.4. The maximum atomic E-state index is 12.7. The van der Waals surface area contributed by atoms with Crippen molar-refractivity contribution in [3.63, 3.8) is 0 Å². The van der Waals surface area contributed by atoms with Crippen LogP contribution >= 0.6 is 7.82 Å². The molecule has 0 aliphatic heterocycles. The van der Waals surface area contributed by atoms with Gasteiger partial charge in [-0.05, 0) is 44.9 Å². The molecule has 0 saturated carbocycles. The molecule has 1 N–H and O–H groups in total. The van der Waals surface area contributed by atoms with Gasteiger partial charge in [-0.25, -0.2) is 0 Å². The van der Waals surface area contributed by atoms with Gasteiger partial charge in [0.25, 0.3) is 7.82 Å². The second-order valence-corrected chi connectivity index (χ2v) is 18.4. The van der Waals surface area contributed by atoms with Gasteiger partial charge < -0.3 is 33.0 Å². The number of phosphoric ester groups is 1. The monoisotopic (exact) mass is 878 g/mol. The molecule has 0 aliphatic rings. The van der Waals surface area contributed by atoms with E-state index >= 15 is 0 Å². The maximum absolute atomic E-state index is 12.7. The minimum Gasteiger partial charge on any atom is -0.756 e. The molecule has 0 aromatic carbocycles. The Hall–Kier alpha value is -2.59. The molecule has 3 atom stereocenters. The number of rotatable bonds is 42. The molecule has 0 aromatic heterocycles. The Morgan fingerprint density at radius 3 is 1.72 bits per heavy atom. The number of ether oxygens (including phenoxy) is 2. The fourth-order valence-electron chi connectivity index (χ4n) is 6.12. The highest BCUT2D eigenvalue weighted by Gasteiger charge is 2.21. The van der Waals surface area contributed by atoms with E-state index in [2.05, 4.69) is 32.1 Å². The number of nitrogens with zero attached hydrogens (tertiary/aromatic N) is 1. The van der Waals surface area contributed by atoms with Crippen molar-refractivity contribution >= 4 is 19.8 Å². The molecular weight excluding hydrogens is 790 g/mol. The third-order valence-electron chi connectivity index (χ3n) is 9.83. The number of aliphatic hydroxyl groups excluding tert-OH is 1. The van der Waals surface area contributed by atoms with Gasteiger partial charge >= 0.3 is 11.9 Å². The van der Waals surface area contributed by atoms with Crippen LogP contribution in [0.3, 0.4) is 0 Å². The van der Waals surface area contributed by atoms with Crippen LogP contribution in [0.25, 0.3) is 0 Å². The van der Waals surface area contributed by atoms with Crippen molar-refractivity contribution in [3.05, 3.63) is 72.9 Å². The second-order valence-electron chi connectivity index (χ2n) is 16.9. The maximum Gasteiger partial charge on any atom is 0.306 e. The van der Waals surface area contributed by atoms with Gasteiger partial charge in [0, 0.05) is 12.8 Å². The molecule has 10 nitrogen and oxygen atoms in total. The average Bonchev–Trinajstić information content (AvgIpc) is 3.21. The van der Waals surface area contributed by atoms with Crippen molar-refractivity contribution in [1.29, 1.82) is 0 Å². The molecule has 0 aromatic rings. The van der Waals surface area contributed by atoms with Crippen molar-refractivity contribution < 1.29 is 47.2 Å². The van der Waals surface area contributed by atoms with E-state index in [1.807, 2.05) is 69.8 Å². The van der Waals surface area contributed by atoms with Gasteiger partial charge in [-0.15, -0.1) is 0 Å². The summed E-state index contributed by atoms with van der Waals surface area (Å²) >= 11 is 0. The molecule has 0 aliphatic carbocycles. The van der Waals surface area contributed by atoms with E-state index in [0.29, 0.717) is 30.3 Å². The number of aliphatic hydroxyl groups is 1. The van der Waals surface area contributed by atoms with Gasteiger partial charge in [0.05, 0.1) is 33.9 Å². The number of likely N-dealkylation sites (N-methyl/N-ethyl adjacent to an activating group) is 1. The molecular formula is C50H88NO9P. The minimum absolute atomic E-state index is 0.0524. The Balaban J connectivity index is 4.48. The second kappa shape index (κ2) is 41.4. The Labute approximate surface area is 372 Å². The first-order valence-corrected chi connectivity index (χ1v) is 25.2. The van der Waals surface area contributed by atoms with Gasteiger partial charge in [0.1, 0.15) is 19.8 Å². The molecule has 11 heteroatoms. The third-order valence-corrected chi connectivity index (χ3v) is 10.8. The van der Waals surface area contributed by atoms with Crippen LogP contribution in [-0.4, -0.2) is 81.2 Å². The topological polar surface area (TPSA) is 131 Å². The molecule has 0 amide bonds. The summed E-state index contributed by atoms with van der Waals surface area (Å²) in [5, 5.41) is 10.0. The molecule has 0 fully saturated rings. The van der Waals surface area contributed by atoms with Crippen LogP contribution in [0.15, 0.2) is 72.9 Å². The van der Waals surface area contributed by atoms with E-state index in [1.54, 1.807) is 6.08 Å². The van der Waals surface area contributed by atoms with E-state index < -0.39 is 38.6 Å². The first-order chi connectivity index (χ1) is 29.4. The lowest BCUT2D eigenvalue weighted by atomic mass is 10.0.